The van der Waals surface area contributed by atoms with Gasteiger partial charge in [0.05, 0.1) is 11.6 Å². The molecule has 0 aromatic rings. The second-order valence-corrected chi connectivity index (χ2v) is 6.39. The highest BCUT2D eigenvalue weighted by Crippen LogP contribution is 2.29. The van der Waals surface area contributed by atoms with Crippen LogP contribution < -0.4 is 22.2 Å². The largest absolute Gasteiger partial charge is 0.347 e. The van der Waals surface area contributed by atoms with E-state index in [-0.39, 0.29) is 17.7 Å². The maximum Gasteiger partial charge on any atom is 0.347 e. The van der Waals surface area contributed by atoms with Crippen LogP contribution in [0.15, 0.2) is 0 Å². The van der Waals surface area contributed by atoms with E-state index in [0.717, 1.165) is 12.8 Å². The number of nitrogens with zero attached hydrogens (tertiary/aromatic N) is 1. The fourth-order valence-electron chi connectivity index (χ4n) is 2.78. The first-order valence-corrected chi connectivity index (χ1v) is 6.88. The van der Waals surface area contributed by atoms with Crippen molar-refractivity contribution in [1.29, 1.82) is 0 Å². The van der Waals surface area contributed by atoms with Gasteiger partial charge in [0.15, 0.2) is 0 Å². The molecule has 2 rings (SSSR count). The molecule has 2 atom stereocenters. The molecule has 0 spiro atoms. The third kappa shape index (κ3) is 3.79. The molecule has 0 radical (unpaired) electrons. The van der Waals surface area contributed by atoms with Crippen LogP contribution in [0.5, 0.6) is 0 Å². The highest BCUT2D eigenvalue weighted by Gasteiger charge is 2.38. The van der Waals surface area contributed by atoms with Crippen LogP contribution in [0, 0.1) is 0 Å². The van der Waals surface area contributed by atoms with Crippen molar-refractivity contribution < 1.29 is 9.63 Å². The molecule has 7 nitrogen and oxygen atoms in total. The molecule has 2 heterocycles. The minimum atomic E-state index is -0.376. The van der Waals surface area contributed by atoms with Crippen LogP contribution in [-0.2, 0) is 4.84 Å². The number of fused-ring (bicyclic) bond motifs is 2. The molecule has 2 bridgehead atoms. The van der Waals surface area contributed by atoms with Gasteiger partial charge in [-0.25, -0.2) is 15.6 Å². The Morgan fingerprint density at radius 1 is 1.32 bits per heavy atom. The number of hydrogen-bond acceptors (Lipinski definition) is 5. The van der Waals surface area contributed by atoms with Gasteiger partial charge in [-0.1, -0.05) is 0 Å². The topological polar surface area (TPSA) is 91.7 Å². The summed E-state index contributed by atoms with van der Waals surface area (Å²) in [4.78, 5) is 17.4. The van der Waals surface area contributed by atoms with E-state index in [0.29, 0.717) is 12.1 Å². The fraction of sp³-hybridized carbons (Fsp3) is 0.917. The summed E-state index contributed by atoms with van der Waals surface area (Å²) in [5.74, 6) is 5.25. The van der Waals surface area contributed by atoms with Crippen LogP contribution >= 0.6 is 0 Å². The molecular formula is C12H25N5O2. The highest BCUT2D eigenvalue weighted by molar-refractivity contribution is 5.73. The number of hydrogen-bond donors (Lipinski definition) is 4. The number of hydrazine groups is 2. The van der Waals surface area contributed by atoms with Crippen LogP contribution in [0.25, 0.3) is 0 Å². The maximum absolute atomic E-state index is 11.9. The Morgan fingerprint density at radius 3 is 2.37 bits per heavy atom. The van der Waals surface area contributed by atoms with Gasteiger partial charge in [0.25, 0.3) is 0 Å². The molecule has 2 amide bonds. The van der Waals surface area contributed by atoms with Gasteiger partial charge in [0.2, 0.25) is 0 Å². The lowest BCUT2D eigenvalue weighted by Gasteiger charge is -2.38. The van der Waals surface area contributed by atoms with Crippen LogP contribution in [0.4, 0.5) is 4.79 Å². The van der Waals surface area contributed by atoms with Gasteiger partial charge in [0.1, 0.15) is 0 Å². The van der Waals surface area contributed by atoms with Crippen molar-refractivity contribution in [2.24, 2.45) is 5.84 Å². The molecule has 7 heteroatoms. The Kier molecular flexibility index (Phi) is 4.29. The van der Waals surface area contributed by atoms with Gasteiger partial charge in [0, 0.05) is 12.1 Å². The van der Waals surface area contributed by atoms with E-state index in [1.165, 1.54) is 17.9 Å². The lowest BCUT2D eigenvalue weighted by molar-refractivity contribution is -0.152. The van der Waals surface area contributed by atoms with Crippen LogP contribution in [0.2, 0.25) is 0 Å². The van der Waals surface area contributed by atoms with E-state index in [9.17, 15) is 4.79 Å². The monoisotopic (exact) mass is 271 g/mol. The maximum atomic E-state index is 11.9. The lowest BCUT2D eigenvalue weighted by atomic mass is 9.99. The van der Waals surface area contributed by atoms with Crippen molar-refractivity contribution in [1.82, 2.24) is 21.3 Å². The summed E-state index contributed by atoms with van der Waals surface area (Å²) in [5.41, 5.74) is 4.56. The highest BCUT2D eigenvalue weighted by atomic mass is 16.7. The van der Waals surface area contributed by atoms with Crippen LogP contribution in [-0.4, -0.2) is 34.8 Å². The number of nitrogens with one attached hydrogen (secondary N) is 3. The van der Waals surface area contributed by atoms with Crippen molar-refractivity contribution in [2.45, 2.75) is 70.2 Å². The molecular weight excluding hydrogens is 246 g/mol. The number of carbonyl (C=O) groups is 1. The molecule has 5 N–H and O–H groups in total. The molecule has 19 heavy (non-hydrogen) atoms. The Morgan fingerprint density at radius 2 is 1.89 bits per heavy atom. The van der Waals surface area contributed by atoms with E-state index < -0.39 is 0 Å². The Bertz CT molecular complexity index is 319. The minimum absolute atomic E-state index is 0.102. The molecule has 0 saturated carbocycles. The number of urea groups is 1. The summed E-state index contributed by atoms with van der Waals surface area (Å²) < 4.78 is 0. The Hall–Kier alpha value is -0.890. The lowest BCUT2D eigenvalue weighted by Crippen LogP contribution is -2.59. The molecule has 2 aliphatic heterocycles. The quantitative estimate of drug-likeness (QED) is 0.338. The van der Waals surface area contributed by atoms with E-state index in [1.807, 2.05) is 20.8 Å². The molecule has 110 valence electrons. The molecule has 0 aliphatic carbocycles. The van der Waals surface area contributed by atoms with Gasteiger partial charge in [-0.2, -0.15) is 0 Å². The zero-order valence-corrected chi connectivity index (χ0v) is 11.9. The summed E-state index contributed by atoms with van der Waals surface area (Å²) in [5, 5.41) is 5.03. The van der Waals surface area contributed by atoms with Gasteiger partial charge in [-0.3, -0.25) is 10.3 Å². The summed E-state index contributed by atoms with van der Waals surface area (Å²) >= 11 is 0. The second kappa shape index (κ2) is 5.62. The molecule has 0 aromatic carbocycles. The number of carbonyl (C=O) groups excluding carboxylic acids is 1. The van der Waals surface area contributed by atoms with E-state index in [4.69, 9.17) is 10.7 Å². The van der Waals surface area contributed by atoms with Gasteiger partial charge >= 0.3 is 6.03 Å². The molecule has 2 fully saturated rings. The normalized spacial score (nSPS) is 30.2. The number of piperidine rings is 1. The van der Waals surface area contributed by atoms with Crippen molar-refractivity contribution >= 4 is 6.03 Å². The standard InChI is InChI=1S/C12H25N5O2/c1-12(2,3)19-16-17(11(18)15-13)10-6-8-4-5-9(7-10)14-8/h8-10,14,16H,4-7,13H2,1-3H3,(H,15,18). The SMILES string of the molecule is CC(C)(C)ONN(C(=O)NN)C1CC2CCC(C1)N2. The van der Waals surface area contributed by atoms with Crippen molar-refractivity contribution in [3.8, 4) is 0 Å². The zero-order valence-electron chi connectivity index (χ0n) is 11.9. The van der Waals surface area contributed by atoms with E-state index in [1.54, 1.807) is 0 Å². The minimum Gasteiger partial charge on any atom is -0.311 e. The first kappa shape index (κ1) is 14.5. The predicted molar refractivity (Wildman–Crippen MR) is 71.5 cm³/mol. The van der Waals surface area contributed by atoms with E-state index in [2.05, 4.69) is 16.3 Å². The van der Waals surface area contributed by atoms with Gasteiger partial charge < -0.3 is 5.32 Å². The summed E-state index contributed by atoms with van der Waals surface area (Å²) in [7, 11) is 0. The fourth-order valence-corrected chi connectivity index (χ4v) is 2.78. The van der Waals surface area contributed by atoms with Crippen LogP contribution in [0.1, 0.15) is 46.5 Å². The summed E-state index contributed by atoms with van der Waals surface area (Å²) in [6.07, 6.45) is 4.20. The third-order valence-electron chi connectivity index (χ3n) is 3.61. The average Bonchev–Trinajstić information content (AvgIpc) is 2.67. The average molecular weight is 271 g/mol. The summed E-state index contributed by atoms with van der Waals surface area (Å²) in [6, 6.07) is 0.724. The predicted octanol–water partition coefficient (Wildman–Crippen LogP) is 0.389. The van der Waals surface area contributed by atoms with Crippen LogP contribution in [0.3, 0.4) is 0 Å². The first-order chi connectivity index (χ1) is 8.89. The molecule has 2 unspecified atom stereocenters. The molecule has 2 aliphatic rings. The van der Waals surface area contributed by atoms with Crippen molar-refractivity contribution in [3.63, 3.8) is 0 Å². The number of rotatable bonds is 3. The molecule has 0 aromatic heterocycles. The summed E-state index contributed by atoms with van der Waals surface area (Å²) in [6.45, 7) is 5.76. The zero-order chi connectivity index (χ0) is 14.0. The van der Waals surface area contributed by atoms with Gasteiger partial charge in [-0.15, -0.1) is 5.59 Å². The Balaban J connectivity index is 1.99. The van der Waals surface area contributed by atoms with Crippen molar-refractivity contribution in [3.05, 3.63) is 0 Å². The Labute approximate surface area is 114 Å². The van der Waals surface area contributed by atoms with Crippen molar-refractivity contribution in [2.75, 3.05) is 0 Å². The van der Waals surface area contributed by atoms with Gasteiger partial charge in [-0.05, 0) is 46.5 Å². The number of nitrogens with two attached hydrogens (primary N) is 1. The second-order valence-electron chi connectivity index (χ2n) is 6.39. The molecule has 2 saturated heterocycles. The smallest absolute Gasteiger partial charge is 0.311 e. The third-order valence-corrected chi connectivity index (χ3v) is 3.61. The number of amides is 2. The van der Waals surface area contributed by atoms with E-state index >= 15 is 0 Å². The first-order valence-electron chi connectivity index (χ1n) is 6.88.